The maximum atomic E-state index is 13.2. The van der Waals surface area contributed by atoms with Gasteiger partial charge in [0.05, 0.1) is 5.56 Å². The van der Waals surface area contributed by atoms with Gasteiger partial charge in [-0.05, 0) is 6.08 Å². The Morgan fingerprint density at radius 1 is 1.11 bits per heavy atom. The van der Waals surface area contributed by atoms with E-state index in [4.69, 9.17) is 10.4 Å². The zero-order valence-corrected chi connectivity index (χ0v) is 8.27. The Bertz CT molecular complexity index is 574. The summed E-state index contributed by atoms with van der Waals surface area (Å²) in [6.07, 6.45) is -0.222. The summed E-state index contributed by atoms with van der Waals surface area (Å²) in [4.78, 5) is 10.1. The maximum absolute atomic E-state index is 13.2. The molecule has 0 radical (unpaired) electrons. The van der Waals surface area contributed by atoms with Gasteiger partial charge < -0.3 is 5.11 Å². The van der Waals surface area contributed by atoms with Crippen LogP contribution in [0.2, 0.25) is 0 Å². The number of hydrogen-bond donors (Lipinski definition) is 1. The SMILES string of the molecule is N#Cc1c(F)c(F)c(C=C(F)C(=O)O)c(F)c1F. The van der Waals surface area contributed by atoms with Crippen LogP contribution in [-0.2, 0) is 4.79 Å². The van der Waals surface area contributed by atoms with Crippen molar-refractivity contribution in [2.24, 2.45) is 0 Å². The number of nitriles is 1. The first kappa shape index (κ1) is 13.6. The van der Waals surface area contributed by atoms with Crippen molar-refractivity contribution in [1.82, 2.24) is 0 Å². The minimum Gasteiger partial charge on any atom is -0.476 e. The number of carbonyl (C=O) groups is 1. The number of aliphatic carboxylic acids is 1. The second-order valence-electron chi connectivity index (χ2n) is 2.95. The molecular formula is C10H2F5NO2. The fourth-order valence-electron chi connectivity index (χ4n) is 1.06. The molecule has 0 heterocycles. The molecule has 0 saturated carbocycles. The second-order valence-corrected chi connectivity index (χ2v) is 2.95. The monoisotopic (exact) mass is 263 g/mol. The van der Waals surface area contributed by atoms with Gasteiger partial charge in [0.1, 0.15) is 11.6 Å². The van der Waals surface area contributed by atoms with Crippen LogP contribution in [0.4, 0.5) is 22.0 Å². The molecule has 0 aromatic heterocycles. The molecule has 0 aliphatic carbocycles. The van der Waals surface area contributed by atoms with Crippen LogP contribution in [0.1, 0.15) is 11.1 Å². The van der Waals surface area contributed by atoms with Gasteiger partial charge in [0, 0.05) is 0 Å². The van der Waals surface area contributed by atoms with Gasteiger partial charge in [-0.2, -0.15) is 9.65 Å². The quantitative estimate of drug-likeness (QED) is 0.506. The average Bonchev–Trinajstić information content (AvgIpc) is 2.32. The Hall–Kier alpha value is -2.43. The summed E-state index contributed by atoms with van der Waals surface area (Å²) >= 11 is 0. The molecule has 1 aromatic rings. The van der Waals surface area contributed by atoms with Crippen LogP contribution in [0.3, 0.4) is 0 Å². The molecule has 0 fully saturated rings. The highest BCUT2D eigenvalue weighted by atomic mass is 19.2. The summed E-state index contributed by atoms with van der Waals surface area (Å²) in [5.74, 6) is -12.3. The van der Waals surface area contributed by atoms with Crippen molar-refractivity contribution >= 4 is 12.0 Å². The Kier molecular flexibility index (Phi) is 3.66. The third-order valence-electron chi connectivity index (χ3n) is 1.88. The zero-order valence-electron chi connectivity index (χ0n) is 8.27. The fourth-order valence-corrected chi connectivity index (χ4v) is 1.06. The van der Waals surface area contributed by atoms with Gasteiger partial charge in [0.25, 0.3) is 0 Å². The second kappa shape index (κ2) is 4.83. The van der Waals surface area contributed by atoms with Gasteiger partial charge in [-0.15, -0.1) is 0 Å². The molecule has 0 bridgehead atoms. The summed E-state index contributed by atoms with van der Waals surface area (Å²) in [6.45, 7) is 0. The predicted molar refractivity (Wildman–Crippen MR) is 47.7 cm³/mol. The molecule has 0 saturated heterocycles. The van der Waals surface area contributed by atoms with Crippen LogP contribution in [0.15, 0.2) is 5.83 Å². The van der Waals surface area contributed by atoms with E-state index in [1.165, 1.54) is 0 Å². The van der Waals surface area contributed by atoms with E-state index in [9.17, 15) is 26.7 Å². The summed E-state index contributed by atoms with van der Waals surface area (Å²) in [5, 5.41) is 16.4. The Balaban J connectivity index is 3.64. The summed E-state index contributed by atoms with van der Waals surface area (Å²) in [7, 11) is 0. The van der Waals surface area contributed by atoms with Crippen LogP contribution in [0, 0.1) is 34.6 Å². The molecule has 1 aromatic carbocycles. The Morgan fingerprint density at radius 2 is 1.56 bits per heavy atom. The molecule has 94 valence electrons. The molecular weight excluding hydrogens is 261 g/mol. The number of carboxylic acids is 1. The lowest BCUT2D eigenvalue weighted by molar-refractivity contribution is -0.134. The molecule has 0 atom stereocenters. The molecule has 0 amide bonds. The van der Waals surface area contributed by atoms with Crippen LogP contribution in [-0.4, -0.2) is 11.1 Å². The molecule has 0 aliphatic rings. The molecule has 8 heteroatoms. The van der Waals surface area contributed by atoms with Crippen LogP contribution in [0.25, 0.3) is 6.08 Å². The zero-order chi connectivity index (χ0) is 14.0. The third-order valence-corrected chi connectivity index (χ3v) is 1.88. The van der Waals surface area contributed by atoms with Crippen molar-refractivity contribution in [3.8, 4) is 6.07 Å². The van der Waals surface area contributed by atoms with E-state index in [1.807, 2.05) is 0 Å². The van der Waals surface area contributed by atoms with Crippen LogP contribution >= 0.6 is 0 Å². The van der Waals surface area contributed by atoms with Crippen molar-refractivity contribution in [2.45, 2.75) is 0 Å². The van der Waals surface area contributed by atoms with Gasteiger partial charge >= 0.3 is 5.97 Å². The summed E-state index contributed by atoms with van der Waals surface area (Å²) in [6, 6.07) is 0.888. The normalized spacial score (nSPS) is 11.2. The van der Waals surface area contributed by atoms with E-state index in [0.29, 0.717) is 0 Å². The number of benzene rings is 1. The van der Waals surface area contributed by atoms with Crippen LogP contribution in [0.5, 0.6) is 0 Å². The van der Waals surface area contributed by atoms with E-state index in [1.54, 1.807) is 0 Å². The van der Waals surface area contributed by atoms with E-state index < -0.39 is 46.2 Å². The number of carboxylic acid groups (broad SMARTS) is 1. The van der Waals surface area contributed by atoms with Gasteiger partial charge in [-0.3, -0.25) is 0 Å². The largest absolute Gasteiger partial charge is 0.476 e. The first-order valence-corrected chi connectivity index (χ1v) is 4.17. The lowest BCUT2D eigenvalue weighted by Crippen LogP contribution is -2.05. The Labute approximate surface area is 96.4 Å². The highest BCUT2D eigenvalue weighted by Crippen LogP contribution is 2.25. The number of halogens is 5. The topological polar surface area (TPSA) is 61.1 Å². The minimum absolute atomic E-state index is 0.222. The first-order chi connectivity index (χ1) is 8.31. The highest BCUT2D eigenvalue weighted by Gasteiger charge is 2.25. The van der Waals surface area contributed by atoms with Gasteiger partial charge in [-0.25, -0.2) is 22.4 Å². The van der Waals surface area contributed by atoms with Crippen molar-refractivity contribution in [2.75, 3.05) is 0 Å². The first-order valence-electron chi connectivity index (χ1n) is 4.17. The lowest BCUT2D eigenvalue weighted by atomic mass is 10.1. The van der Waals surface area contributed by atoms with Crippen molar-refractivity contribution in [3.63, 3.8) is 0 Å². The van der Waals surface area contributed by atoms with Gasteiger partial charge in [-0.1, -0.05) is 0 Å². The number of rotatable bonds is 2. The molecule has 0 spiro atoms. The summed E-state index contributed by atoms with van der Waals surface area (Å²) in [5.41, 5.74) is -3.07. The minimum atomic E-state index is -2.17. The smallest absolute Gasteiger partial charge is 0.364 e. The molecule has 1 rings (SSSR count). The standard InChI is InChI=1S/C10H2F5NO2/c11-5(10(17)18)1-3-6(12)8(14)4(2-16)9(15)7(3)13/h1H,(H,17,18). The van der Waals surface area contributed by atoms with E-state index in [-0.39, 0.29) is 6.08 Å². The molecule has 18 heavy (non-hydrogen) atoms. The molecule has 0 aliphatic heterocycles. The summed E-state index contributed by atoms with van der Waals surface area (Å²) < 4.78 is 65.1. The highest BCUT2D eigenvalue weighted by molar-refractivity contribution is 5.89. The lowest BCUT2D eigenvalue weighted by Gasteiger charge is -2.04. The van der Waals surface area contributed by atoms with Gasteiger partial charge in [0.15, 0.2) is 23.3 Å². The van der Waals surface area contributed by atoms with E-state index in [0.717, 1.165) is 6.07 Å². The maximum Gasteiger partial charge on any atom is 0.364 e. The van der Waals surface area contributed by atoms with Crippen LogP contribution < -0.4 is 0 Å². The van der Waals surface area contributed by atoms with Gasteiger partial charge in [0.2, 0.25) is 5.83 Å². The van der Waals surface area contributed by atoms with Crippen molar-refractivity contribution in [1.29, 1.82) is 5.26 Å². The Morgan fingerprint density at radius 3 is 1.89 bits per heavy atom. The number of nitrogens with zero attached hydrogens (tertiary/aromatic N) is 1. The predicted octanol–water partition coefficient (Wildman–Crippen LogP) is 2.51. The molecule has 0 unspecified atom stereocenters. The third kappa shape index (κ3) is 2.15. The average molecular weight is 263 g/mol. The van der Waals surface area contributed by atoms with Crippen molar-refractivity contribution in [3.05, 3.63) is 40.2 Å². The fraction of sp³-hybridized carbons (Fsp3) is 0. The van der Waals surface area contributed by atoms with E-state index >= 15 is 0 Å². The number of hydrogen-bond acceptors (Lipinski definition) is 2. The van der Waals surface area contributed by atoms with Crippen molar-refractivity contribution < 1.29 is 31.9 Å². The van der Waals surface area contributed by atoms with E-state index in [2.05, 4.69) is 0 Å². The molecule has 1 N–H and O–H groups in total. The molecule has 3 nitrogen and oxygen atoms in total.